The lowest BCUT2D eigenvalue weighted by Crippen LogP contribution is -2.22. The summed E-state index contributed by atoms with van der Waals surface area (Å²) >= 11 is 0.853. The first-order valence-electron chi connectivity index (χ1n) is 7.72. The maximum atomic E-state index is 12.5. The van der Waals surface area contributed by atoms with Gasteiger partial charge in [-0.1, -0.05) is 47.2 Å². The molecule has 6 heteroatoms. The van der Waals surface area contributed by atoms with Gasteiger partial charge in [-0.3, -0.25) is 9.59 Å². The van der Waals surface area contributed by atoms with Gasteiger partial charge in [0, 0.05) is 5.22 Å². The number of amides is 1. The zero-order valence-electron chi connectivity index (χ0n) is 13.6. The number of thiazole rings is 1. The summed E-state index contributed by atoms with van der Waals surface area (Å²) in [4.78, 5) is 28.8. The van der Waals surface area contributed by atoms with Crippen LogP contribution in [-0.4, -0.2) is 15.6 Å². The molecule has 25 heavy (non-hydrogen) atoms. The molecule has 1 aliphatic rings. The van der Waals surface area contributed by atoms with Crippen molar-refractivity contribution in [2.75, 3.05) is 0 Å². The first-order valence-corrected chi connectivity index (χ1v) is 8.54. The minimum Gasteiger partial charge on any atom is -0.493 e. The van der Waals surface area contributed by atoms with Crippen LogP contribution in [0.3, 0.4) is 0 Å². The quantitative estimate of drug-likeness (QED) is 0.763. The van der Waals surface area contributed by atoms with Gasteiger partial charge in [-0.25, -0.2) is 9.56 Å². The molecule has 0 radical (unpaired) electrons. The number of hydrogen-bond acceptors (Lipinski definition) is 4. The summed E-state index contributed by atoms with van der Waals surface area (Å²) in [5.74, 6) is -0.664. The first-order chi connectivity index (χ1) is 12.0. The van der Waals surface area contributed by atoms with Crippen LogP contribution in [-0.2, 0) is 4.79 Å². The van der Waals surface area contributed by atoms with Crippen LogP contribution in [0, 0.1) is 13.8 Å². The molecule has 0 aliphatic carbocycles. The number of nitrogens with zero attached hydrogens (tertiary/aromatic N) is 2. The van der Waals surface area contributed by atoms with Crippen molar-refractivity contribution in [3.8, 4) is 11.6 Å². The van der Waals surface area contributed by atoms with Crippen molar-refractivity contribution in [3.05, 3.63) is 78.7 Å². The molecular weight excluding hydrogens is 336 g/mol. The van der Waals surface area contributed by atoms with Gasteiger partial charge in [0.25, 0.3) is 5.91 Å². The summed E-state index contributed by atoms with van der Waals surface area (Å²) < 4.78 is 1.25. The third kappa shape index (κ3) is 2.34. The average molecular weight is 350 g/mol. The monoisotopic (exact) mass is 350 g/mol. The summed E-state index contributed by atoms with van der Waals surface area (Å²) in [5, 5.41) is 11.9. The van der Waals surface area contributed by atoms with Gasteiger partial charge in [0.2, 0.25) is 5.88 Å². The van der Waals surface area contributed by atoms with E-state index in [1.807, 2.05) is 26.0 Å². The van der Waals surface area contributed by atoms with Crippen molar-refractivity contribution in [2.24, 2.45) is 4.99 Å². The van der Waals surface area contributed by atoms with E-state index in [1.54, 1.807) is 30.3 Å². The Morgan fingerprint density at radius 3 is 2.60 bits per heavy atom. The van der Waals surface area contributed by atoms with Crippen molar-refractivity contribution >= 4 is 22.8 Å². The molecule has 0 atom stereocenters. The van der Waals surface area contributed by atoms with Gasteiger partial charge in [-0.15, -0.1) is 0 Å². The van der Waals surface area contributed by atoms with Crippen LogP contribution in [0.2, 0.25) is 0 Å². The average Bonchev–Trinajstić information content (AvgIpc) is 3.04. The number of carbonyl (C=O) groups excluding carboxylic acids is 1. The first kappa shape index (κ1) is 15.5. The van der Waals surface area contributed by atoms with Gasteiger partial charge in [-0.2, -0.15) is 0 Å². The molecule has 0 spiro atoms. The van der Waals surface area contributed by atoms with Crippen LogP contribution >= 0.6 is 11.3 Å². The van der Waals surface area contributed by atoms with Gasteiger partial charge in [0.1, 0.15) is 4.88 Å². The lowest BCUT2D eigenvalue weighted by atomic mass is 10.1. The van der Waals surface area contributed by atoms with Crippen molar-refractivity contribution in [1.82, 2.24) is 4.57 Å². The zero-order valence-corrected chi connectivity index (χ0v) is 14.4. The van der Waals surface area contributed by atoms with E-state index in [4.69, 9.17) is 0 Å². The minimum absolute atomic E-state index is 0.225. The molecule has 1 aliphatic heterocycles. The van der Waals surface area contributed by atoms with E-state index in [9.17, 15) is 14.7 Å². The van der Waals surface area contributed by atoms with Crippen LogP contribution in [0.5, 0.6) is 5.88 Å². The molecule has 2 heterocycles. The maximum Gasteiger partial charge on any atom is 0.315 e. The largest absolute Gasteiger partial charge is 0.493 e. The highest BCUT2D eigenvalue weighted by molar-refractivity contribution is 7.11. The molecule has 0 bridgehead atoms. The second-order valence-corrected chi connectivity index (χ2v) is 6.92. The molecule has 3 aromatic rings. The van der Waals surface area contributed by atoms with E-state index in [1.165, 1.54) is 4.57 Å². The fraction of sp³-hybridized carbons (Fsp3) is 0.105. The fourth-order valence-electron chi connectivity index (χ4n) is 3.08. The Hall–Kier alpha value is -2.99. The smallest absolute Gasteiger partial charge is 0.315 e. The molecule has 124 valence electrons. The van der Waals surface area contributed by atoms with Crippen LogP contribution in [0.4, 0.5) is 0 Å². The predicted octanol–water partition coefficient (Wildman–Crippen LogP) is 1.58. The number of aryl methyl sites for hydroxylation is 2. The number of aromatic nitrogens is 1. The number of rotatable bonds is 2. The van der Waals surface area contributed by atoms with E-state index >= 15 is 0 Å². The number of aromatic hydroxyl groups is 1. The standard InChI is InChI=1S/C19H14N2O3S/c1-10-7-8-14(11(2)9-10)21-18(23)16(25-19(21)24)15-12-5-3-4-6-13(12)20-17(15)22/h3-9,23H,1-2H3. The number of benzene rings is 2. The number of fused-ring (bicyclic) bond motifs is 1. The van der Waals surface area contributed by atoms with Crippen molar-refractivity contribution < 1.29 is 9.90 Å². The summed E-state index contributed by atoms with van der Waals surface area (Å²) in [5.41, 5.74) is 2.82. The van der Waals surface area contributed by atoms with E-state index < -0.39 is 5.91 Å². The highest BCUT2D eigenvalue weighted by Crippen LogP contribution is 2.31. The Kier molecular flexibility index (Phi) is 3.43. The molecule has 2 aromatic carbocycles. The van der Waals surface area contributed by atoms with Gasteiger partial charge < -0.3 is 5.11 Å². The second kappa shape index (κ2) is 5.53. The van der Waals surface area contributed by atoms with Crippen LogP contribution in [0.15, 0.2) is 52.3 Å². The van der Waals surface area contributed by atoms with Crippen LogP contribution in [0.25, 0.3) is 11.3 Å². The Morgan fingerprint density at radius 2 is 1.84 bits per heavy atom. The van der Waals surface area contributed by atoms with E-state index in [0.717, 1.165) is 22.5 Å². The van der Waals surface area contributed by atoms with Crippen LogP contribution < -0.4 is 15.4 Å². The molecule has 0 fully saturated rings. The van der Waals surface area contributed by atoms with Crippen molar-refractivity contribution in [1.29, 1.82) is 0 Å². The van der Waals surface area contributed by atoms with Crippen LogP contribution in [0.1, 0.15) is 16.0 Å². The second-order valence-electron chi connectivity index (χ2n) is 5.96. The molecule has 0 unspecified atom stereocenters. The molecule has 1 amide bonds. The van der Waals surface area contributed by atoms with Gasteiger partial charge >= 0.3 is 4.87 Å². The lowest BCUT2D eigenvalue weighted by Gasteiger charge is -2.08. The maximum absolute atomic E-state index is 12.5. The van der Waals surface area contributed by atoms with Gasteiger partial charge in [0.05, 0.1) is 16.6 Å². The van der Waals surface area contributed by atoms with E-state index in [-0.39, 0.29) is 21.2 Å². The van der Waals surface area contributed by atoms with Gasteiger partial charge in [-0.05, 0) is 31.5 Å². The molecule has 1 aromatic heterocycles. The fourth-order valence-corrected chi connectivity index (χ4v) is 4.01. The molecule has 0 saturated carbocycles. The third-order valence-corrected chi connectivity index (χ3v) is 5.16. The highest BCUT2D eigenvalue weighted by Gasteiger charge is 2.26. The van der Waals surface area contributed by atoms with Gasteiger partial charge in [0.15, 0.2) is 0 Å². The van der Waals surface area contributed by atoms with Crippen molar-refractivity contribution in [2.45, 2.75) is 13.8 Å². The molecule has 0 saturated heterocycles. The Bertz CT molecular complexity index is 1220. The summed E-state index contributed by atoms with van der Waals surface area (Å²) in [6.07, 6.45) is 0. The number of carbonyl (C=O) groups is 1. The molecule has 5 nitrogen and oxygen atoms in total. The number of hydrogen-bond donors (Lipinski definition) is 1. The summed E-state index contributed by atoms with van der Waals surface area (Å²) in [6.45, 7) is 3.84. The molecule has 4 rings (SSSR count). The Balaban J connectivity index is 2.01. The lowest BCUT2D eigenvalue weighted by molar-refractivity contribution is -0.112. The SMILES string of the molecule is Cc1ccc(-n2c(O)c(C3=c4ccccc4=NC3=O)sc2=O)c(C)c1. The molecular formula is C19H14N2O3S. The minimum atomic E-state index is -0.439. The zero-order chi connectivity index (χ0) is 17.7. The number of para-hydroxylation sites is 1. The van der Waals surface area contributed by atoms with E-state index in [2.05, 4.69) is 4.99 Å². The normalized spacial score (nSPS) is 13.0. The summed E-state index contributed by atoms with van der Waals surface area (Å²) in [7, 11) is 0. The Labute approximate surface area is 146 Å². The Morgan fingerprint density at radius 1 is 1.08 bits per heavy atom. The third-order valence-electron chi connectivity index (χ3n) is 4.22. The highest BCUT2D eigenvalue weighted by atomic mass is 32.1. The molecule has 1 N–H and O–H groups in total. The summed E-state index contributed by atoms with van der Waals surface area (Å²) in [6, 6.07) is 12.7. The topological polar surface area (TPSA) is 71.7 Å². The van der Waals surface area contributed by atoms with E-state index in [0.29, 0.717) is 16.3 Å². The predicted molar refractivity (Wildman–Crippen MR) is 95.8 cm³/mol. The van der Waals surface area contributed by atoms with Crippen molar-refractivity contribution in [3.63, 3.8) is 0 Å².